The zero-order chi connectivity index (χ0) is 18.6. The second-order valence-electron chi connectivity index (χ2n) is 6.46. The van der Waals surface area contributed by atoms with Crippen molar-refractivity contribution in [3.63, 3.8) is 0 Å². The summed E-state index contributed by atoms with van der Waals surface area (Å²) in [5.74, 6) is 1.49. The molecular weight excluding hydrogens is 342 g/mol. The van der Waals surface area contributed by atoms with Gasteiger partial charge in [0.05, 0.1) is 5.52 Å². The van der Waals surface area contributed by atoms with E-state index < -0.39 is 0 Å². The molecule has 1 saturated heterocycles. The lowest BCUT2D eigenvalue weighted by Gasteiger charge is -2.08. The minimum absolute atomic E-state index is 0.472. The fraction of sp³-hybridized carbons (Fsp3) is 0.278. The third kappa shape index (κ3) is 3.77. The summed E-state index contributed by atoms with van der Waals surface area (Å²) >= 11 is 0. The van der Waals surface area contributed by atoms with Crippen molar-refractivity contribution in [2.45, 2.75) is 19.3 Å². The molecule has 1 aliphatic heterocycles. The quantitative estimate of drug-likeness (QED) is 0.368. The average molecular weight is 365 g/mol. The molecule has 0 aliphatic carbocycles. The van der Waals surface area contributed by atoms with Gasteiger partial charge in [-0.25, -0.2) is 0 Å². The second-order valence-corrected chi connectivity index (χ2v) is 6.46. The third-order valence-electron chi connectivity index (χ3n) is 4.44. The fourth-order valence-corrected chi connectivity index (χ4v) is 3.03. The van der Waals surface area contributed by atoms with Crippen LogP contribution >= 0.6 is 0 Å². The molecule has 0 unspecified atom stereocenters. The lowest BCUT2D eigenvalue weighted by Crippen LogP contribution is -2.21. The van der Waals surface area contributed by atoms with Gasteiger partial charge in [0, 0.05) is 11.1 Å². The van der Waals surface area contributed by atoms with Crippen molar-refractivity contribution in [2.75, 3.05) is 29.9 Å². The van der Waals surface area contributed by atoms with E-state index in [9.17, 15) is 0 Å². The van der Waals surface area contributed by atoms with Crippen molar-refractivity contribution >= 4 is 39.8 Å². The van der Waals surface area contributed by atoms with Gasteiger partial charge in [0.25, 0.3) is 0 Å². The van der Waals surface area contributed by atoms with Crippen LogP contribution in [0.4, 0.5) is 23.3 Å². The zero-order valence-corrected chi connectivity index (χ0v) is 14.9. The van der Waals surface area contributed by atoms with Crippen LogP contribution in [0.2, 0.25) is 0 Å². The maximum absolute atomic E-state index is 5.85. The molecule has 0 saturated carbocycles. The first kappa shape index (κ1) is 17.1. The predicted molar refractivity (Wildman–Crippen MR) is 108 cm³/mol. The number of hydrogen-bond donors (Lipinski definition) is 5. The van der Waals surface area contributed by atoms with E-state index in [0.29, 0.717) is 23.2 Å². The van der Waals surface area contributed by atoms with Crippen molar-refractivity contribution in [3.05, 3.63) is 36.4 Å². The van der Waals surface area contributed by atoms with Crippen LogP contribution in [0.15, 0.2) is 36.4 Å². The third-order valence-corrected chi connectivity index (χ3v) is 4.44. The largest absolute Gasteiger partial charge is 0.384 e. The monoisotopic (exact) mass is 365 g/mol. The summed E-state index contributed by atoms with van der Waals surface area (Å²) in [6.07, 6.45) is 4.22. The first-order chi connectivity index (χ1) is 13.2. The Morgan fingerprint density at radius 1 is 1.04 bits per heavy atom. The van der Waals surface area contributed by atoms with Crippen molar-refractivity contribution in [1.29, 1.82) is 0 Å². The van der Waals surface area contributed by atoms with Crippen LogP contribution < -0.4 is 22.1 Å². The molecule has 4 aromatic rings. The lowest BCUT2D eigenvalue weighted by atomic mass is 10.2. The van der Waals surface area contributed by atoms with Gasteiger partial charge >= 0.3 is 0 Å². The number of nitrogens with zero attached hydrogens (tertiary/aromatic N) is 4. The highest BCUT2D eigenvalue weighted by atomic mass is 15.4. The molecule has 1 aromatic carbocycles. The van der Waals surface area contributed by atoms with Gasteiger partial charge in [-0.15, -0.1) is 5.10 Å². The Labute approximate surface area is 156 Å². The Morgan fingerprint density at radius 3 is 2.59 bits per heavy atom. The topological polar surface area (TPSA) is 135 Å². The molecule has 3 aromatic heterocycles. The number of benzene rings is 1. The number of rotatable bonds is 2. The highest BCUT2D eigenvalue weighted by Crippen LogP contribution is 2.23. The Balaban J connectivity index is 0.000000257. The Morgan fingerprint density at radius 2 is 1.89 bits per heavy atom. The van der Waals surface area contributed by atoms with Crippen LogP contribution in [0.1, 0.15) is 19.3 Å². The summed E-state index contributed by atoms with van der Waals surface area (Å²) in [5.41, 5.74) is 14.0. The van der Waals surface area contributed by atoms with Crippen LogP contribution in [-0.4, -0.2) is 37.9 Å². The number of aromatic amines is 1. The number of nitrogens with one attached hydrogen (secondary N) is 3. The Bertz CT molecular complexity index is 1030. The number of anilines is 4. The molecule has 4 heterocycles. The highest BCUT2D eigenvalue weighted by molar-refractivity contribution is 5.91. The van der Waals surface area contributed by atoms with E-state index in [1.54, 1.807) is 10.6 Å². The van der Waals surface area contributed by atoms with Crippen molar-refractivity contribution in [3.8, 4) is 0 Å². The van der Waals surface area contributed by atoms with Gasteiger partial charge in [-0.3, -0.25) is 5.10 Å². The van der Waals surface area contributed by atoms with Crippen LogP contribution in [0.5, 0.6) is 0 Å². The SMILES string of the molecule is C1CCNCC1.Nc1n[nH]c2cc(Nc3nc4cccc(N)n4n3)ccc12. The molecule has 5 rings (SSSR count). The van der Waals surface area contributed by atoms with E-state index in [-0.39, 0.29) is 0 Å². The summed E-state index contributed by atoms with van der Waals surface area (Å²) < 4.78 is 1.58. The molecular formula is C18H23N9. The van der Waals surface area contributed by atoms with Gasteiger partial charge in [0.2, 0.25) is 5.95 Å². The van der Waals surface area contributed by atoms with Gasteiger partial charge in [0.1, 0.15) is 5.82 Å². The number of fused-ring (bicyclic) bond motifs is 2. The molecule has 7 N–H and O–H groups in total. The molecule has 0 radical (unpaired) electrons. The Hall–Kier alpha value is -3.33. The standard InChI is InChI=1S/C13H12N8.C5H11N/c14-10-2-1-3-11-17-13(20-21(10)11)16-7-4-5-8-9(6-7)18-19-12(8)15;1-2-4-6-5-3-1/h1-6H,14H2,(H,16,20)(H3,15,18,19);6H,1-5H2. The summed E-state index contributed by atoms with van der Waals surface area (Å²) in [6, 6.07) is 11.1. The van der Waals surface area contributed by atoms with Crippen LogP contribution in [0, 0.1) is 0 Å². The van der Waals surface area contributed by atoms with E-state index >= 15 is 0 Å². The normalized spacial score (nSPS) is 14.1. The Kier molecular flexibility index (Phi) is 4.75. The molecule has 27 heavy (non-hydrogen) atoms. The first-order valence-electron chi connectivity index (χ1n) is 9.03. The van der Waals surface area contributed by atoms with Crippen molar-refractivity contribution in [1.82, 2.24) is 30.1 Å². The number of nitrogens with two attached hydrogens (primary N) is 2. The lowest BCUT2D eigenvalue weighted by molar-refractivity contribution is 0.520. The second kappa shape index (κ2) is 7.50. The van der Waals surface area contributed by atoms with Crippen molar-refractivity contribution in [2.24, 2.45) is 0 Å². The average Bonchev–Trinajstić information content (AvgIpc) is 3.28. The summed E-state index contributed by atoms with van der Waals surface area (Å²) in [7, 11) is 0. The smallest absolute Gasteiger partial charge is 0.247 e. The summed E-state index contributed by atoms with van der Waals surface area (Å²) in [6.45, 7) is 2.50. The van der Waals surface area contributed by atoms with Crippen LogP contribution in [0.25, 0.3) is 16.6 Å². The van der Waals surface area contributed by atoms with E-state index in [0.717, 1.165) is 16.6 Å². The number of hydrogen-bond acceptors (Lipinski definition) is 7. The minimum atomic E-state index is 0.472. The first-order valence-corrected chi connectivity index (χ1v) is 9.03. The van der Waals surface area contributed by atoms with Gasteiger partial charge in [-0.1, -0.05) is 12.5 Å². The molecule has 0 bridgehead atoms. The molecule has 0 spiro atoms. The number of nitrogen functional groups attached to an aromatic ring is 2. The van der Waals surface area contributed by atoms with E-state index in [1.165, 1.54) is 32.4 Å². The predicted octanol–water partition coefficient (Wildman–Crippen LogP) is 2.27. The maximum atomic E-state index is 5.85. The number of aromatic nitrogens is 5. The number of pyridine rings is 1. The molecule has 9 nitrogen and oxygen atoms in total. The van der Waals surface area contributed by atoms with Gasteiger partial charge in [-0.2, -0.15) is 14.6 Å². The molecule has 1 fully saturated rings. The number of H-pyrrole nitrogens is 1. The molecule has 1 aliphatic rings. The highest BCUT2D eigenvalue weighted by Gasteiger charge is 2.07. The maximum Gasteiger partial charge on any atom is 0.247 e. The fourth-order valence-electron chi connectivity index (χ4n) is 3.03. The van der Waals surface area contributed by atoms with Gasteiger partial charge in [-0.05, 0) is 56.3 Å². The van der Waals surface area contributed by atoms with Crippen molar-refractivity contribution < 1.29 is 0 Å². The van der Waals surface area contributed by atoms with Crippen LogP contribution in [-0.2, 0) is 0 Å². The molecule has 0 atom stereocenters. The van der Waals surface area contributed by atoms with Gasteiger partial charge < -0.3 is 22.1 Å². The van der Waals surface area contributed by atoms with Gasteiger partial charge in [0.15, 0.2) is 11.5 Å². The molecule has 0 amide bonds. The number of piperidine rings is 1. The summed E-state index contributed by atoms with van der Waals surface area (Å²) in [5, 5.41) is 18.4. The minimum Gasteiger partial charge on any atom is -0.384 e. The van der Waals surface area contributed by atoms with Crippen LogP contribution in [0.3, 0.4) is 0 Å². The van der Waals surface area contributed by atoms with E-state index in [1.807, 2.05) is 30.3 Å². The van der Waals surface area contributed by atoms with E-state index in [4.69, 9.17) is 11.5 Å². The van der Waals surface area contributed by atoms with E-state index in [2.05, 4.69) is 30.9 Å². The summed E-state index contributed by atoms with van der Waals surface area (Å²) in [4.78, 5) is 4.36. The molecule has 9 heteroatoms. The zero-order valence-electron chi connectivity index (χ0n) is 14.9. The molecule has 140 valence electrons.